The van der Waals surface area contributed by atoms with Crippen LogP contribution in [0.3, 0.4) is 0 Å². The summed E-state index contributed by atoms with van der Waals surface area (Å²) in [4.78, 5) is 14.3. The van der Waals surface area contributed by atoms with E-state index in [1.807, 2.05) is 0 Å². The number of halogens is 1. The first-order chi connectivity index (χ1) is 9.20. The van der Waals surface area contributed by atoms with Crippen molar-refractivity contribution in [2.75, 3.05) is 40.0 Å². The van der Waals surface area contributed by atoms with Gasteiger partial charge in [0.1, 0.15) is 5.75 Å². The Hall–Kier alpha value is -1.10. The number of ether oxygens (including phenoxy) is 2. The highest BCUT2D eigenvalue weighted by Gasteiger charge is 2.14. The number of carbonyl (C=O) groups is 1. The average Bonchev–Trinajstić information content (AvgIpc) is 2.45. The maximum Gasteiger partial charge on any atom is 0.164 e. The van der Waals surface area contributed by atoms with Gasteiger partial charge in [-0.15, -0.1) is 0 Å². The minimum absolute atomic E-state index is 0.107. The van der Waals surface area contributed by atoms with E-state index in [0.29, 0.717) is 22.8 Å². The van der Waals surface area contributed by atoms with Gasteiger partial charge in [-0.3, -0.25) is 9.69 Å². The maximum absolute atomic E-state index is 12.1. The fourth-order valence-electron chi connectivity index (χ4n) is 2.07. The number of methoxy groups -OCH3 is 1. The molecule has 4 nitrogen and oxygen atoms in total. The van der Waals surface area contributed by atoms with Gasteiger partial charge in [0.2, 0.25) is 0 Å². The minimum atomic E-state index is 0.107. The number of hydrogen-bond acceptors (Lipinski definition) is 4. The van der Waals surface area contributed by atoms with Crippen LogP contribution in [0.1, 0.15) is 16.8 Å². The van der Waals surface area contributed by atoms with Crippen LogP contribution in [0, 0.1) is 0 Å². The molecule has 0 radical (unpaired) electrons. The van der Waals surface area contributed by atoms with Crippen LogP contribution in [0.25, 0.3) is 0 Å². The van der Waals surface area contributed by atoms with E-state index >= 15 is 0 Å². The highest BCUT2D eigenvalue weighted by molar-refractivity contribution is 6.32. The van der Waals surface area contributed by atoms with Gasteiger partial charge in [-0.2, -0.15) is 0 Å². The fraction of sp³-hybridized carbons (Fsp3) is 0.500. The van der Waals surface area contributed by atoms with Crippen LogP contribution < -0.4 is 4.74 Å². The Balaban J connectivity index is 1.90. The molecule has 1 aromatic rings. The molecule has 0 amide bonds. The molecule has 1 aliphatic heterocycles. The Labute approximate surface area is 118 Å². The Morgan fingerprint density at radius 1 is 1.42 bits per heavy atom. The molecular weight excluding hydrogens is 266 g/mol. The molecule has 1 saturated heterocycles. The van der Waals surface area contributed by atoms with Crippen molar-refractivity contribution >= 4 is 17.4 Å². The summed E-state index contributed by atoms with van der Waals surface area (Å²) in [6.45, 7) is 4.07. The van der Waals surface area contributed by atoms with Gasteiger partial charge in [0.05, 0.1) is 25.3 Å². The van der Waals surface area contributed by atoms with Gasteiger partial charge >= 0.3 is 0 Å². The molecule has 0 aromatic heterocycles. The molecule has 1 heterocycles. The summed E-state index contributed by atoms with van der Waals surface area (Å²) < 4.78 is 10.3. The Morgan fingerprint density at radius 2 is 2.16 bits per heavy atom. The summed E-state index contributed by atoms with van der Waals surface area (Å²) in [6, 6.07) is 5.15. The second-order valence-corrected chi connectivity index (χ2v) is 4.88. The number of morpholine rings is 1. The van der Waals surface area contributed by atoms with E-state index in [-0.39, 0.29) is 5.78 Å². The summed E-state index contributed by atoms with van der Waals surface area (Å²) in [5.41, 5.74) is 0.638. The van der Waals surface area contributed by atoms with Crippen molar-refractivity contribution in [2.45, 2.75) is 6.42 Å². The van der Waals surface area contributed by atoms with E-state index in [2.05, 4.69) is 4.90 Å². The summed E-state index contributed by atoms with van der Waals surface area (Å²) in [6.07, 6.45) is 0.503. The molecule has 0 atom stereocenters. The number of nitrogens with zero attached hydrogens (tertiary/aromatic N) is 1. The largest absolute Gasteiger partial charge is 0.495 e. The van der Waals surface area contributed by atoms with Crippen molar-refractivity contribution < 1.29 is 14.3 Å². The third-order valence-electron chi connectivity index (χ3n) is 3.23. The zero-order valence-corrected chi connectivity index (χ0v) is 11.8. The predicted octanol–water partition coefficient (Wildman–Crippen LogP) is 2.25. The summed E-state index contributed by atoms with van der Waals surface area (Å²) >= 11 is 6.02. The average molecular weight is 284 g/mol. The van der Waals surface area contributed by atoms with E-state index in [9.17, 15) is 4.79 Å². The first-order valence-corrected chi connectivity index (χ1v) is 6.75. The number of ketones is 1. The number of hydrogen-bond donors (Lipinski definition) is 0. The first kappa shape index (κ1) is 14.3. The molecule has 1 aliphatic rings. The Bertz CT molecular complexity index is 444. The van der Waals surface area contributed by atoms with Crippen LogP contribution in [0.4, 0.5) is 0 Å². The molecule has 1 fully saturated rings. The normalized spacial score (nSPS) is 16.3. The lowest BCUT2D eigenvalue weighted by Crippen LogP contribution is -2.37. The van der Waals surface area contributed by atoms with Crippen LogP contribution in [0.5, 0.6) is 5.75 Å². The summed E-state index contributed by atoms with van der Waals surface area (Å²) in [7, 11) is 1.56. The van der Waals surface area contributed by atoms with Gasteiger partial charge in [0.15, 0.2) is 5.78 Å². The Kier molecular flexibility index (Phi) is 5.19. The zero-order valence-electron chi connectivity index (χ0n) is 11.0. The third-order valence-corrected chi connectivity index (χ3v) is 3.53. The standard InChI is InChI=1S/C14H18ClNO3/c1-18-14-3-2-11(10-12(14)15)13(17)4-5-16-6-8-19-9-7-16/h2-3,10H,4-9H2,1H3. The minimum Gasteiger partial charge on any atom is -0.495 e. The monoisotopic (exact) mass is 283 g/mol. The van der Waals surface area contributed by atoms with Gasteiger partial charge in [-0.25, -0.2) is 0 Å². The molecular formula is C14H18ClNO3. The molecule has 1 aromatic carbocycles. The molecule has 0 aliphatic carbocycles. The van der Waals surface area contributed by atoms with Gasteiger partial charge in [0, 0.05) is 31.6 Å². The van der Waals surface area contributed by atoms with Crippen LogP contribution in [0.15, 0.2) is 18.2 Å². The fourth-order valence-corrected chi connectivity index (χ4v) is 2.33. The van der Waals surface area contributed by atoms with Crippen LogP contribution in [-0.4, -0.2) is 50.6 Å². The molecule has 0 N–H and O–H groups in total. The van der Waals surface area contributed by atoms with Crippen molar-refractivity contribution in [3.8, 4) is 5.75 Å². The molecule has 0 unspecified atom stereocenters. The van der Waals surface area contributed by atoms with Crippen molar-refractivity contribution in [1.82, 2.24) is 4.90 Å². The lowest BCUT2D eigenvalue weighted by Gasteiger charge is -2.26. The van der Waals surface area contributed by atoms with E-state index in [0.717, 1.165) is 32.8 Å². The van der Waals surface area contributed by atoms with Gasteiger partial charge in [-0.05, 0) is 18.2 Å². The SMILES string of the molecule is COc1ccc(C(=O)CCN2CCOCC2)cc1Cl. The summed E-state index contributed by atoms with van der Waals surface area (Å²) in [5, 5.41) is 0.472. The quantitative estimate of drug-likeness (QED) is 0.777. The number of Topliss-reactive ketones (excluding diaryl/α,β-unsaturated/α-hetero) is 1. The molecule has 2 rings (SSSR count). The number of benzene rings is 1. The van der Waals surface area contributed by atoms with Crippen LogP contribution in [-0.2, 0) is 4.74 Å². The second kappa shape index (κ2) is 6.89. The van der Waals surface area contributed by atoms with Crippen molar-refractivity contribution in [1.29, 1.82) is 0 Å². The molecule has 19 heavy (non-hydrogen) atoms. The first-order valence-electron chi connectivity index (χ1n) is 6.37. The van der Waals surface area contributed by atoms with Crippen molar-refractivity contribution in [3.05, 3.63) is 28.8 Å². The Morgan fingerprint density at radius 3 is 2.79 bits per heavy atom. The highest BCUT2D eigenvalue weighted by atomic mass is 35.5. The molecule has 5 heteroatoms. The smallest absolute Gasteiger partial charge is 0.164 e. The van der Waals surface area contributed by atoms with Gasteiger partial charge < -0.3 is 9.47 Å². The maximum atomic E-state index is 12.1. The molecule has 0 spiro atoms. The second-order valence-electron chi connectivity index (χ2n) is 4.48. The third kappa shape index (κ3) is 3.93. The van der Waals surface area contributed by atoms with E-state index < -0.39 is 0 Å². The van der Waals surface area contributed by atoms with Crippen LogP contribution in [0.2, 0.25) is 5.02 Å². The van der Waals surface area contributed by atoms with Crippen LogP contribution >= 0.6 is 11.6 Å². The van der Waals surface area contributed by atoms with Gasteiger partial charge in [-0.1, -0.05) is 11.6 Å². The number of rotatable bonds is 5. The zero-order chi connectivity index (χ0) is 13.7. The lowest BCUT2D eigenvalue weighted by atomic mass is 10.1. The predicted molar refractivity (Wildman–Crippen MR) is 74.2 cm³/mol. The molecule has 0 bridgehead atoms. The molecule has 104 valence electrons. The summed E-state index contributed by atoms with van der Waals surface area (Å²) in [5.74, 6) is 0.697. The lowest BCUT2D eigenvalue weighted by molar-refractivity contribution is 0.0370. The van der Waals surface area contributed by atoms with Crippen molar-refractivity contribution in [2.24, 2.45) is 0 Å². The molecule has 0 saturated carbocycles. The van der Waals surface area contributed by atoms with Crippen molar-refractivity contribution in [3.63, 3.8) is 0 Å². The highest BCUT2D eigenvalue weighted by Crippen LogP contribution is 2.25. The van der Waals surface area contributed by atoms with E-state index in [4.69, 9.17) is 21.1 Å². The number of carbonyl (C=O) groups excluding carboxylic acids is 1. The topological polar surface area (TPSA) is 38.8 Å². The van der Waals surface area contributed by atoms with E-state index in [1.54, 1.807) is 25.3 Å². The van der Waals surface area contributed by atoms with Gasteiger partial charge in [0.25, 0.3) is 0 Å². The van der Waals surface area contributed by atoms with E-state index in [1.165, 1.54) is 0 Å².